The van der Waals surface area contributed by atoms with Gasteiger partial charge in [0.25, 0.3) is 0 Å². The molecule has 1 rings (SSSR count). The van der Waals surface area contributed by atoms with Crippen molar-refractivity contribution in [2.24, 2.45) is 10.8 Å². The van der Waals surface area contributed by atoms with Gasteiger partial charge in [-0.25, -0.2) is 4.79 Å². The molecule has 7 nitrogen and oxygen atoms in total. The second-order valence-corrected chi connectivity index (χ2v) is 3.63. The molecule has 21 heavy (non-hydrogen) atoms. The van der Waals surface area contributed by atoms with Crippen LogP contribution in [0.4, 0.5) is 18.9 Å². The zero-order chi connectivity index (χ0) is 16.2. The minimum Gasteiger partial charge on any atom is -0.478 e. The summed E-state index contributed by atoms with van der Waals surface area (Å²) in [5, 5.41) is 27.8. The first kappa shape index (κ1) is 16.0. The second-order valence-electron chi connectivity index (χ2n) is 3.63. The maximum absolute atomic E-state index is 12.7. The lowest BCUT2D eigenvalue weighted by molar-refractivity contribution is -0.138. The number of hydrogen-bond acceptors (Lipinski definition) is 5. The molecule has 0 bridgehead atoms. The standard InChI is InChI=1S/C11H8F3N5O2/c12-11(13,14)5-2-1-3-6(8(5)10(20)21)18-19-7(4-15)9(16)17/h1-3,18H,(H3,16,17)(H,20,21)/b19-7+. The summed E-state index contributed by atoms with van der Waals surface area (Å²) in [5.41, 5.74) is 3.52. The fourth-order valence-electron chi connectivity index (χ4n) is 1.37. The number of halogens is 3. The number of nitriles is 1. The van der Waals surface area contributed by atoms with Gasteiger partial charge in [-0.1, -0.05) is 6.07 Å². The number of carbonyl (C=O) groups is 1. The Bertz CT molecular complexity index is 661. The van der Waals surface area contributed by atoms with Crippen LogP contribution in [0.1, 0.15) is 15.9 Å². The Morgan fingerprint density at radius 3 is 2.52 bits per heavy atom. The van der Waals surface area contributed by atoms with Gasteiger partial charge in [0.05, 0.1) is 16.8 Å². The van der Waals surface area contributed by atoms with Crippen molar-refractivity contribution in [1.29, 1.82) is 10.7 Å². The van der Waals surface area contributed by atoms with E-state index in [9.17, 15) is 18.0 Å². The van der Waals surface area contributed by atoms with E-state index in [1.54, 1.807) is 0 Å². The lowest BCUT2D eigenvalue weighted by Crippen LogP contribution is -2.22. The number of carboxylic acids is 1. The third kappa shape index (κ3) is 3.69. The van der Waals surface area contributed by atoms with Crippen molar-refractivity contribution in [3.8, 4) is 6.07 Å². The number of nitrogens with one attached hydrogen (secondary N) is 2. The van der Waals surface area contributed by atoms with Gasteiger partial charge in [0.2, 0.25) is 5.71 Å². The van der Waals surface area contributed by atoms with Crippen molar-refractivity contribution in [1.82, 2.24) is 0 Å². The summed E-state index contributed by atoms with van der Waals surface area (Å²) in [4.78, 5) is 11.0. The summed E-state index contributed by atoms with van der Waals surface area (Å²) >= 11 is 0. The monoisotopic (exact) mass is 299 g/mol. The highest BCUT2D eigenvalue weighted by Crippen LogP contribution is 2.35. The van der Waals surface area contributed by atoms with Gasteiger partial charge < -0.3 is 10.8 Å². The van der Waals surface area contributed by atoms with E-state index in [-0.39, 0.29) is 0 Å². The van der Waals surface area contributed by atoms with E-state index < -0.39 is 40.5 Å². The highest BCUT2D eigenvalue weighted by Gasteiger charge is 2.36. The zero-order valence-electron chi connectivity index (χ0n) is 10.2. The molecular weight excluding hydrogens is 291 g/mol. The molecule has 0 heterocycles. The molecule has 0 radical (unpaired) electrons. The molecule has 10 heteroatoms. The summed E-state index contributed by atoms with van der Waals surface area (Å²) in [6.07, 6.45) is -4.87. The molecule has 5 N–H and O–H groups in total. The van der Waals surface area contributed by atoms with Crippen LogP contribution in [0.15, 0.2) is 23.3 Å². The summed E-state index contributed by atoms with van der Waals surface area (Å²) < 4.78 is 38.2. The average molecular weight is 299 g/mol. The van der Waals surface area contributed by atoms with Crippen molar-refractivity contribution in [3.05, 3.63) is 29.3 Å². The molecule has 0 spiro atoms. The van der Waals surface area contributed by atoms with Crippen LogP contribution in [-0.4, -0.2) is 22.6 Å². The van der Waals surface area contributed by atoms with Crippen LogP contribution in [0.5, 0.6) is 0 Å². The van der Waals surface area contributed by atoms with Crippen LogP contribution < -0.4 is 11.2 Å². The maximum atomic E-state index is 12.7. The van der Waals surface area contributed by atoms with E-state index in [2.05, 4.69) is 5.10 Å². The van der Waals surface area contributed by atoms with Crippen LogP contribution in [0.25, 0.3) is 0 Å². The molecule has 0 amide bonds. The fourth-order valence-corrected chi connectivity index (χ4v) is 1.37. The predicted molar refractivity (Wildman–Crippen MR) is 67.0 cm³/mol. The molecule has 1 aromatic rings. The van der Waals surface area contributed by atoms with Crippen LogP contribution in [0.2, 0.25) is 0 Å². The minimum absolute atomic E-state index is 0.480. The number of rotatable bonds is 4. The Kier molecular flexibility index (Phi) is 4.49. The molecule has 0 aliphatic rings. The van der Waals surface area contributed by atoms with Crippen molar-refractivity contribution >= 4 is 23.2 Å². The molecular formula is C11H8F3N5O2. The quantitative estimate of drug-likeness (QED) is 0.380. The van der Waals surface area contributed by atoms with Gasteiger partial charge in [0, 0.05) is 0 Å². The number of nitrogens with two attached hydrogens (primary N) is 1. The number of amidine groups is 1. The van der Waals surface area contributed by atoms with Gasteiger partial charge in [0.1, 0.15) is 6.07 Å². The first-order chi connectivity index (χ1) is 9.68. The molecule has 0 unspecified atom stereocenters. The number of benzene rings is 1. The van der Waals surface area contributed by atoms with E-state index in [0.717, 1.165) is 12.1 Å². The highest BCUT2D eigenvalue weighted by molar-refractivity contribution is 6.45. The molecule has 1 aromatic carbocycles. The lowest BCUT2D eigenvalue weighted by Gasteiger charge is -2.13. The van der Waals surface area contributed by atoms with Crippen molar-refractivity contribution in [2.75, 3.05) is 5.43 Å². The van der Waals surface area contributed by atoms with E-state index in [1.165, 1.54) is 6.07 Å². The Balaban J connectivity index is 3.36. The second kappa shape index (κ2) is 5.91. The van der Waals surface area contributed by atoms with Crippen molar-refractivity contribution in [2.45, 2.75) is 6.18 Å². The Labute approximate surface area is 116 Å². The molecule has 110 valence electrons. The SMILES string of the molecule is N#C/C(=N\Nc1cccc(C(F)(F)F)c1C(=O)O)C(=N)N. The zero-order valence-corrected chi connectivity index (χ0v) is 10.2. The van der Waals surface area contributed by atoms with E-state index in [1.807, 2.05) is 5.43 Å². The van der Waals surface area contributed by atoms with Gasteiger partial charge in [-0.15, -0.1) is 0 Å². The number of carboxylic acid groups (broad SMARTS) is 1. The molecule has 0 aliphatic heterocycles. The van der Waals surface area contributed by atoms with Gasteiger partial charge in [-0.2, -0.15) is 23.5 Å². The first-order valence-electron chi connectivity index (χ1n) is 5.20. The predicted octanol–water partition coefficient (Wildman–Crippen LogP) is 1.63. The van der Waals surface area contributed by atoms with Crippen molar-refractivity contribution in [3.63, 3.8) is 0 Å². The average Bonchev–Trinajstić information content (AvgIpc) is 2.37. The largest absolute Gasteiger partial charge is 0.478 e. The lowest BCUT2D eigenvalue weighted by atomic mass is 10.1. The third-order valence-electron chi connectivity index (χ3n) is 2.23. The molecule has 0 aromatic heterocycles. The number of anilines is 1. The summed E-state index contributed by atoms with van der Waals surface area (Å²) in [5.74, 6) is -2.53. The number of aromatic carboxylic acids is 1. The number of alkyl halides is 3. The molecule has 0 saturated heterocycles. The fraction of sp³-hybridized carbons (Fsp3) is 0.0909. The summed E-state index contributed by atoms with van der Waals surface area (Å²) in [6.45, 7) is 0. The van der Waals surface area contributed by atoms with Gasteiger partial charge in [-0.05, 0) is 12.1 Å². The Morgan fingerprint density at radius 1 is 1.48 bits per heavy atom. The van der Waals surface area contributed by atoms with E-state index in [0.29, 0.717) is 6.07 Å². The normalized spacial score (nSPS) is 11.6. The van der Waals surface area contributed by atoms with Crippen molar-refractivity contribution < 1.29 is 23.1 Å². The molecule has 0 aliphatic carbocycles. The van der Waals surface area contributed by atoms with Crippen LogP contribution in [0.3, 0.4) is 0 Å². The third-order valence-corrected chi connectivity index (χ3v) is 2.23. The molecule has 0 fully saturated rings. The minimum atomic E-state index is -4.87. The Morgan fingerprint density at radius 2 is 2.10 bits per heavy atom. The van der Waals surface area contributed by atoms with E-state index >= 15 is 0 Å². The topological polar surface area (TPSA) is 135 Å². The molecule has 0 atom stereocenters. The van der Waals surface area contributed by atoms with Crippen LogP contribution in [-0.2, 0) is 6.18 Å². The first-order valence-corrected chi connectivity index (χ1v) is 5.20. The number of hydrazone groups is 1. The summed E-state index contributed by atoms with van der Waals surface area (Å²) in [7, 11) is 0. The highest BCUT2D eigenvalue weighted by atomic mass is 19.4. The molecule has 0 saturated carbocycles. The number of hydrogen-bond donors (Lipinski definition) is 4. The van der Waals surface area contributed by atoms with Crippen LogP contribution in [0, 0.1) is 16.7 Å². The smallest absolute Gasteiger partial charge is 0.417 e. The summed E-state index contributed by atoms with van der Waals surface area (Å²) in [6, 6.07) is 4.06. The van der Waals surface area contributed by atoms with Gasteiger partial charge >= 0.3 is 12.1 Å². The van der Waals surface area contributed by atoms with Crippen LogP contribution >= 0.6 is 0 Å². The van der Waals surface area contributed by atoms with Gasteiger partial charge in [0.15, 0.2) is 5.84 Å². The van der Waals surface area contributed by atoms with Gasteiger partial charge in [-0.3, -0.25) is 10.8 Å². The van der Waals surface area contributed by atoms with E-state index in [4.69, 9.17) is 21.5 Å². The number of nitrogens with zero attached hydrogens (tertiary/aromatic N) is 2. The Hall–Kier alpha value is -3.09. The maximum Gasteiger partial charge on any atom is 0.417 e.